The number of unbranched alkanes of at least 4 members (excludes halogenated alkanes) is 11. The minimum absolute atomic E-state index is 0.0953. The van der Waals surface area contributed by atoms with Gasteiger partial charge in [-0.1, -0.05) is 77.6 Å². The Balaban J connectivity index is 1.94. The Morgan fingerprint density at radius 3 is 1.68 bits per heavy atom. The number of anilines is 2. The predicted octanol–water partition coefficient (Wildman–Crippen LogP) is 5.28. The Morgan fingerprint density at radius 1 is 0.760 bits per heavy atom. The zero-order valence-electron chi connectivity index (χ0n) is 16.0. The first kappa shape index (κ1) is 21.3. The number of benzene rings is 1. The topological polar surface area (TPSA) is 81.1 Å². The molecule has 4 heteroatoms. The first-order valence-corrected chi connectivity index (χ1v) is 10.1. The van der Waals surface area contributed by atoms with Crippen LogP contribution >= 0.6 is 0 Å². The summed E-state index contributed by atoms with van der Waals surface area (Å²) >= 11 is 0. The lowest BCUT2D eigenvalue weighted by Gasteiger charge is -2.07. The quantitative estimate of drug-likeness (QED) is 0.316. The second-order valence-electron chi connectivity index (χ2n) is 7.03. The highest BCUT2D eigenvalue weighted by Gasteiger charge is 2.06. The van der Waals surface area contributed by atoms with E-state index in [0.29, 0.717) is 23.5 Å². The summed E-state index contributed by atoms with van der Waals surface area (Å²) in [5.41, 5.74) is 13.0. The van der Waals surface area contributed by atoms with Gasteiger partial charge in [0.1, 0.15) is 0 Å². The lowest BCUT2D eigenvalue weighted by molar-refractivity contribution is 0.0953. The standard InChI is InChI=1S/C21H37N3O/c1-2-3-4-5-6-7-8-9-10-11-12-13-14-24-21(25)18-15-19(22)17-20(23)16-18/h15-17H,2-14,22-23H2,1H3,(H,24,25). The van der Waals surface area contributed by atoms with Crippen LogP contribution in [0.3, 0.4) is 0 Å². The van der Waals surface area contributed by atoms with Crippen LogP contribution in [-0.2, 0) is 0 Å². The predicted molar refractivity (Wildman–Crippen MR) is 109 cm³/mol. The fraction of sp³-hybridized carbons (Fsp3) is 0.667. The summed E-state index contributed by atoms with van der Waals surface area (Å²) < 4.78 is 0. The smallest absolute Gasteiger partial charge is 0.251 e. The molecule has 1 aromatic carbocycles. The van der Waals surface area contributed by atoms with Crippen LogP contribution in [-0.4, -0.2) is 12.5 Å². The summed E-state index contributed by atoms with van der Waals surface area (Å²) in [4.78, 5) is 12.0. The molecule has 0 heterocycles. The average Bonchev–Trinajstić information content (AvgIpc) is 2.58. The van der Waals surface area contributed by atoms with Crippen LogP contribution in [0.2, 0.25) is 0 Å². The molecule has 0 radical (unpaired) electrons. The summed E-state index contributed by atoms with van der Waals surface area (Å²) in [5, 5.41) is 2.94. The van der Waals surface area contributed by atoms with Gasteiger partial charge in [0.2, 0.25) is 0 Å². The number of nitrogen functional groups attached to an aromatic ring is 2. The SMILES string of the molecule is CCCCCCCCCCCCCCNC(=O)c1cc(N)cc(N)c1. The normalized spacial score (nSPS) is 10.8. The highest BCUT2D eigenvalue weighted by molar-refractivity contribution is 5.96. The van der Waals surface area contributed by atoms with Gasteiger partial charge in [-0.25, -0.2) is 0 Å². The number of carbonyl (C=O) groups is 1. The Kier molecular flexibility index (Phi) is 11.6. The van der Waals surface area contributed by atoms with E-state index in [2.05, 4.69) is 12.2 Å². The van der Waals surface area contributed by atoms with Gasteiger partial charge in [0.05, 0.1) is 0 Å². The molecule has 0 spiro atoms. The largest absolute Gasteiger partial charge is 0.399 e. The molecular weight excluding hydrogens is 310 g/mol. The van der Waals surface area contributed by atoms with E-state index in [0.717, 1.165) is 6.42 Å². The Labute approximate surface area is 153 Å². The molecule has 1 rings (SSSR count). The van der Waals surface area contributed by atoms with Crippen molar-refractivity contribution in [1.29, 1.82) is 0 Å². The van der Waals surface area contributed by atoms with Crippen molar-refractivity contribution in [3.63, 3.8) is 0 Å². The molecule has 0 saturated heterocycles. The van der Waals surface area contributed by atoms with E-state index in [9.17, 15) is 4.79 Å². The van der Waals surface area contributed by atoms with Gasteiger partial charge in [-0.2, -0.15) is 0 Å². The summed E-state index contributed by atoms with van der Waals surface area (Å²) in [6, 6.07) is 4.98. The van der Waals surface area contributed by atoms with Crippen molar-refractivity contribution in [2.45, 2.75) is 84.0 Å². The molecule has 0 aliphatic rings. The van der Waals surface area contributed by atoms with Crippen molar-refractivity contribution in [2.75, 3.05) is 18.0 Å². The number of hydrogen-bond donors (Lipinski definition) is 3. The second kappa shape index (κ2) is 13.6. The van der Waals surface area contributed by atoms with Crippen molar-refractivity contribution in [1.82, 2.24) is 5.32 Å². The van der Waals surface area contributed by atoms with Crippen LogP contribution in [0.15, 0.2) is 18.2 Å². The van der Waals surface area contributed by atoms with E-state index in [1.54, 1.807) is 18.2 Å². The van der Waals surface area contributed by atoms with Crippen molar-refractivity contribution >= 4 is 17.3 Å². The van der Waals surface area contributed by atoms with E-state index >= 15 is 0 Å². The zero-order valence-corrected chi connectivity index (χ0v) is 16.0. The maximum Gasteiger partial charge on any atom is 0.251 e. The third-order valence-electron chi connectivity index (χ3n) is 4.56. The highest BCUT2D eigenvalue weighted by atomic mass is 16.1. The van der Waals surface area contributed by atoms with Gasteiger partial charge in [-0.05, 0) is 24.6 Å². The number of rotatable bonds is 14. The van der Waals surface area contributed by atoms with Gasteiger partial charge in [-0.15, -0.1) is 0 Å². The van der Waals surface area contributed by atoms with Crippen molar-refractivity contribution in [3.05, 3.63) is 23.8 Å². The van der Waals surface area contributed by atoms with E-state index in [1.165, 1.54) is 70.6 Å². The zero-order chi connectivity index (χ0) is 18.3. The van der Waals surface area contributed by atoms with Crippen molar-refractivity contribution < 1.29 is 4.79 Å². The Morgan fingerprint density at radius 2 is 1.20 bits per heavy atom. The minimum atomic E-state index is -0.0953. The monoisotopic (exact) mass is 347 g/mol. The Hall–Kier alpha value is -1.71. The molecule has 25 heavy (non-hydrogen) atoms. The van der Waals surface area contributed by atoms with Crippen LogP contribution in [0, 0.1) is 0 Å². The third kappa shape index (κ3) is 10.7. The fourth-order valence-electron chi connectivity index (χ4n) is 3.08. The number of carbonyl (C=O) groups excluding carboxylic acids is 1. The molecule has 0 aliphatic carbocycles. The lowest BCUT2D eigenvalue weighted by atomic mass is 10.1. The third-order valence-corrected chi connectivity index (χ3v) is 4.56. The fourth-order valence-corrected chi connectivity index (χ4v) is 3.08. The second-order valence-corrected chi connectivity index (χ2v) is 7.03. The molecule has 1 amide bonds. The molecule has 5 N–H and O–H groups in total. The summed E-state index contributed by atoms with van der Waals surface area (Å²) in [7, 11) is 0. The first-order valence-electron chi connectivity index (χ1n) is 10.1. The van der Waals surface area contributed by atoms with Gasteiger partial charge >= 0.3 is 0 Å². The molecule has 1 aromatic rings. The minimum Gasteiger partial charge on any atom is -0.399 e. The van der Waals surface area contributed by atoms with Gasteiger partial charge in [-0.3, -0.25) is 4.79 Å². The number of nitrogens with two attached hydrogens (primary N) is 2. The van der Waals surface area contributed by atoms with Crippen LogP contribution in [0.4, 0.5) is 11.4 Å². The molecule has 0 atom stereocenters. The van der Waals surface area contributed by atoms with Crippen LogP contribution in [0.5, 0.6) is 0 Å². The molecule has 0 fully saturated rings. The number of hydrogen-bond acceptors (Lipinski definition) is 3. The molecule has 142 valence electrons. The van der Waals surface area contributed by atoms with Gasteiger partial charge in [0.25, 0.3) is 5.91 Å². The number of amides is 1. The van der Waals surface area contributed by atoms with E-state index in [4.69, 9.17) is 11.5 Å². The van der Waals surface area contributed by atoms with Crippen LogP contribution < -0.4 is 16.8 Å². The average molecular weight is 348 g/mol. The maximum absolute atomic E-state index is 12.0. The van der Waals surface area contributed by atoms with Gasteiger partial charge in [0, 0.05) is 23.5 Å². The van der Waals surface area contributed by atoms with E-state index in [1.807, 2.05) is 0 Å². The highest BCUT2D eigenvalue weighted by Crippen LogP contribution is 2.14. The van der Waals surface area contributed by atoms with E-state index < -0.39 is 0 Å². The van der Waals surface area contributed by atoms with E-state index in [-0.39, 0.29) is 5.91 Å². The maximum atomic E-state index is 12.0. The molecular formula is C21H37N3O. The van der Waals surface area contributed by atoms with Gasteiger partial charge < -0.3 is 16.8 Å². The number of nitrogens with one attached hydrogen (secondary N) is 1. The summed E-state index contributed by atoms with van der Waals surface area (Å²) in [6.07, 6.45) is 15.8. The molecule has 4 nitrogen and oxygen atoms in total. The van der Waals surface area contributed by atoms with Crippen molar-refractivity contribution in [3.8, 4) is 0 Å². The first-order chi connectivity index (χ1) is 12.1. The van der Waals surface area contributed by atoms with Crippen LogP contribution in [0.25, 0.3) is 0 Å². The summed E-state index contributed by atoms with van der Waals surface area (Å²) in [5.74, 6) is -0.0953. The van der Waals surface area contributed by atoms with Crippen LogP contribution in [0.1, 0.15) is 94.3 Å². The molecule has 0 bridgehead atoms. The van der Waals surface area contributed by atoms with Crippen molar-refractivity contribution in [2.24, 2.45) is 0 Å². The lowest BCUT2D eigenvalue weighted by Crippen LogP contribution is -2.24. The molecule has 0 unspecified atom stereocenters. The molecule has 0 aromatic heterocycles. The molecule has 0 aliphatic heterocycles. The Bertz CT molecular complexity index is 468. The molecule has 0 saturated carbocycles. The van der Waals surface area contributed by atoms with Gasteiger partial charge in [0.15, 0.2) is 0 Å². The summed E-state index contributed by atoms with van der Waals surface area (Å²) in [6.45, 7) is 2.98.